The number of hydrogen-bond donors (Lipinski definition) is 6. The Labute approximate surface area is 218 Å². The van der Waals surface area contributed by atoms with Crippen molar-refractivity contribution in [3.63, 3.8) is 0 Å². The van der Waals surface area contributed by atoms with Gasteiger partial charge in [0.1, 0.15) is 42.1 Å². The monoisotopic (exact) mass is 516 g/mol. The third kappa shape index (κ3) is 7.37. The standard InChI is InChI=1S/C29H40O8/c1-17-11-23(33)22(28-27(36)26(35)25(34)24(15-30)37-28)13-20(17)12-19-9-7-18(8-10-19)5-4-6-21(32)14-29(2,3)16-31/h7-11,13,24-28,30-31,33-36H,4-6,12,14-16H2,1-3H3/t24-,25-,26+,27-,28+/m1/s1. The molecule has 8 nitrogen and oxygen atoms in total. The minimum Gasteiger partial charge on any atom is -0.508 e. The lowest BCUT2D eigenvalue weighted by molar-refractivity contribution is -0.232. The number of benzene rings is 2. The zero-order chi connectivity index (χ0) is 27.3. The summed E-state index contributed by atoms with van der Waals surface area (Å²) in [7, 11) is 0. The molecular weight excluding hydrogens is 476 g/mol. The van der Waals surface area contributed by atoms with E-state index in [0.717, 1.165) is 35.1 Å². The molecule has 1 fully saturated rings. The smallest absolute Gasteiger partial charge is 0.133 e. The molecule has 37 heavy (non-hydrogen) atoms. The lowest BCUT2D eigenvalue weighted by Crippen LogP contribution is -2.55. The van der Waals surface area contributed by atoms with Crippen molar-refractivity contribution in [1.29, 1.82) is 0 Å². The van der Waals surface area contributed by atoms with E-state index >= 15 is 0 Å². The van der Waals surface area contributed by atoms with Crippen LogP contribution in [0.4, 0.5) is 0 Å². The van der Waals surface area contributed by atoms with Gasteiger partial charge in [0.2, 0.25) is 0 Å². The Morgan fingerprint density at radius 2 is 1.62 bits per heavy atom. The van der Waals surface area contributed by atoms with E-state index < -0.39 is 37.1 Å². The number of ketones is 1. The fourth-order valence-corrected chi connectivity index (χ4v) is 4.74. The molecule has 0 saturated carbocycles. The number of carbonyl (C=O) groups excluding carboxylic acids is 1. The van der Waals surface area contributed by atoms with Crippen LogP contribution >= 0.6 is 0 Å². The zero-order valence-electron chi connectivity index (χ0n) is 21.8. The number of aliphatic hydroxyl groups excluding tert-OH is 5. The normalized spacial score (nSPS) is 24.3. The Bertz CT molecular complexity index is 1050. The molecule has 5 atom stereocenters. The van der Waals surface area contributed by atoms with Crippen molar-refractivity contribution in [1.82, 2.24) is 0 Å². The lowest BCUT2D eigenvalue weighted by atomic mass is 9.87. The predicted octanol–water partition coefficient (Wildman–Crippen LogP) is 2.11. The second kappa shape index (κ2) is 12.5. The summed E-state index contributed by atoms with van der Waals surface area (Å²) >= 11 is 0. The molecule has 0 amide bonds. The van der Waals surface area contributed by atoms with Crippen molar-refractivity contribution in [2.24, 2.45) is 5.41 Å². The van der Waals surface area contributed by atoms with Crippen molar-refractivity contribution in [3.8, 4) is 5.75 Å². The molecule has 6 N–H and O–H groups in total. The van der Waals surface area contributed by atoms with Gasteiger partial charge in [0.15, 0.2) is 0 Å². The Morgan fingerprint density at radius 3 is 2.24 bits per heavy atom. The highest BCUT2D eigenvalue weighted by Crippen LogP contribution is 2.38. The number of ether oxygens (including phenoxy) is 1. The van der Waals surface area contributed by atoms with Gasteiger partial charge in [-0.15, -0.1) is 0 Å². The number of hydrogen-bond acceptors (Lipinski definition) is 8. The fourth-order valence-electron chi connectivity index (χ4n) is 4.74. The summed E-state index contributed by atoms with van der Waals surface area (Å²) in [5.74, 6) is 0.0616. The molecular formula is C29H40O8. The first kappa shape index (κ1) is 29.2. The van der Waals surface area contributed by atoms with Crippen LogP contribution in [0.25, 0.3) is 0 Å². The van der Waals surface area contributed by atoms with E-state index in [4.69, 9.17) is 4.74 Å². The van der Waals surface area contributed by atoms with Crippen molar-refractivity contribution in [2.75, 3.05) is 13.2 Å². The van der Waals surface area contributed by atoms with Crippen LogP contribution in [0.15, 0.2) is 36.4 Å². The molecule has 2 aromatic carbocycles. The van der Waals surface area contributed by atoms with E-state index in [2.05, 4.69) is 0 Å². The SMILES string of the molecule is Cc1cc(O)c([C@@H]2O[C@H](CO)[C@@H](O)[C@H](O)[C@H]2O)cc1Cc1ccc(CCCC(=O)CC(C)(C)CO)cc1. The molecule has 8 heteroatoms. The first-order valence-electron chi connectivity index (χ1n) is 12.8. The number of phenols is 1. The number of aryl methyl sites for hydroxylation is 2. The molecule has 1 saturated heterocycles. The van der Waals surface area contributed by atoms with E-state index in [1.807, 2.05) is 45.0 Å². The summed E-state index contributed by atoms with van der Waals surface area (Å²) in [6.07, 6.45) is -3.68. The van der Waals surface area contributed by atoms with Gasteiger partial charge in [-0.05, 0) is 66.0 Å². The summed E-state index contributed by atoms with van der Waals surface area (Å²) in [4.78, 5) is 12.2. The molecule has 0 aliphatic carbocycles. The second-order valence-corrected chi connectivity index (χ2v) is 11.0. The maximum Gasteiger partial charge on any atom is 0.133 e. The zero-order valence-corrected chi connectivity index (χ0v) is 21.8. The minimum absolute atomic E-state index is 0.00921. The quantitative estimate of drug-likeness (QED) is 0.266. The first-order chi connectivity index (χ1) is 17.5. The Hall–Kier alpha value is -2.33. The summed E-state index contributed by atoms with van der Waals surface area (Å²) in [5, 5.41) is 60.1. The topological polar surface area (TPSA) is 148 Å². The van der Waals surface area contributed by atoms with Crippen molar-refractivity contribution < 1.29 is 40.2 Å². The van der Waals surface area contributed by atoms with Crippen LogP contribution in [0.1, 0.15) is 67.0 Å². The van der Waals surface area contributed by atoms with Gasteiger partial charge in [-0.1, -0.05) is 38.1 Å². The Balaban J connectivity index is 1.66. The predicted molar refractivity (Wildman–Crippen MR) is 138 cm³/mol. The lowest BCUT2D eigenvalue weighted by Gasteiger charge is -2.40. The van der Waals surface area contributed by atoms with Crippen LogP contribution in [0.3, 0.4) is 0 Å². The molecule has 1 aliphatic rings. The largest absolute Gasteiger partial charge is 0.508 e. The highest BCUT2D eigenvalue weighted by Gasteiger charge is 2.44. The van der Waals surface area contributed by atoms with Crippen molar-refractivity contribution >= 4 is 5.78 Å². The number of aliphatic hydroxyl groups is 5. The maximum atomic E-state index is 12.2. The minimum atomic E-state index is -1.52. The average Bonchev–Trinajstić information content (AvgIpc) is 2.85. The molecule has 0 bridgehead atoms. The van der Waals surface area contributed by atoms with Gasteiger partial charge in [-0.3, -0.25) is 4.79 Å². The highest BCUT2D eigenvalue weighted by molar-refractivity contribution is 5.79. The van der Waals surface area contributed by atoms with Gasteiger partial charge in [-0.2, -0.15) is 0 Å². The molecule has 0 aromatic heterocycles. The third-order valence-corrected chi connectivity index (χ3v) is 7.13. The molecule has 0 spiro atoms. The highest BCUT2D eigenvalue weighted by atomic mass is 16.5. The van der Waals surface area contributed by atoms with Gasteiger partial charge in [0, 0.05) is 25.0 Å². The van der Waals surface area contributed by atoms with Gasteiger partial charge in [-0.25, -0.2) is 0 Å². The average molecular weight is 517 g/mol. The van der Waals surface area contributed by atoms with Gasteiger partial charge in [0.25, 0.3) is 0 Å². The summed E-state index contributed by atoms with van der Waals surface area (Å²) in [6, 6.07) is 11.4. The Morgan fingerprint density at radius 1 is 0.973 bits per heavy atom. The number of Topliss-reactive ketones (excluding diaryl/α,β-unsaturated/α-hetero) is 1. The van der Waals surface area contributed by atoms with Crippen LogP contribution in [0.5, 0.6) is 5.75 Å². The third-order valence-electron chi connectivity index (χ3n) is 7.13. The maximum absolute atomic E-state index is 12.2. The van der Waals surface area contributed by atoms with Crippen LogP contribution in [-0.2, 0) is 22.4 Å². The van der Waals surface area contributed by atoms with E-state index in [9.17, 15) is 35.4 Å². The van der Waals surface area contributed by atoms with Crippen LogP contribution in [0, 0.1) is 12.3 Å². The fraction of sp³-hybridized carbons (Fsp3) is 0.552. The molecule has 0 unspecified atom stereocenters. The summed E-state index contributed by atoms with van der Waals surface area (Å²) < 4.78 is 5.64. The number of carbonyl (C=O) groups is 1. The van der Waals surface area contributed by atoms with E-state index in [0.29, 0.717) is 19.3 Å². The first-order valence-corrected chi connectivity index (χ1v) is 12.8. The number of rotatable bonds is 11. The molecule has 2 aromatic rings. The number of aromatic hydroxyl groups is 1. The molecule has 3 rings (SSSR count). The van der Waals surface area contributed by atoms with E-state index in [1.165, 1.54) is 0 Å². The number of phenolic OH excluding ortho intramolecular Hbond substituents is 1. The van der Waals surface area contributed by atoms with Gasteiger partial charge in [0.05, 0.1) is 6.61 Å². The van der Waals surface area contributed by atoms with Crippen molar-refractivity contribution in [2.45, 2.75) is 83.4 Å². The molecule has 204 valence electrons. The summed E-state index contributed by atoms with van der Waals surface area (Å²) in [6.45, 7) is 5.08. The van der Waals surface area contributed by atoms with Gasteiger partial charge >= 0.3 is 0 Å². The van der Waals surface area contributed by atoms with E-state index in [1.54, 1.807) is 12.1 Å². The Kier molecular flexibility index (Phi) is 9.86. The second-order valence-electron chi connectivity index (χ2n) is 11.0. The van der Waals surface area contributed by atoms with Crippen LogP contribution in [-0.4, -0.2) is 74.1 Å². The molecule has 1 aliphatic heterocycles. The molecule has 1 heterocycles. The van der Waals surface area contributed by atoms with Crippen molar-refractivity contribution in [3.05, 3.63) is 64.2 Å². The van der Waals surface area contributed by atoms with Gasteiger partial charge < -0.3 is 35.4 Å². The van der Waals surface area contributed by atoms with Crippen LogP contribution < -0.4 is 0 Å². The van der Waals surface area contributed by atoms with Crippen LogP contribution in [0.2, 0.25) is 0 Å². The summed E-state index contributed by atoms with van der Waals surface area (Å²) in [5.41, 5.74) is 3.81. The molecule has 0 radical (unpaired) electrons. The van der Waals surface area contributed by atoms with E-state index in [-0.39, 0.29) is 29.1 Å².